The molecule has 0 spiro atoms. The quantitative estimate of drug-likeness (QED) is 0.815. The normalized spacial score (nSPS) is 13.2. The summed E-state index contributed by atoms with van der Waals surface area (Å²) < 4.78 is 37.9. The van der Waals surface area contributed by atoms with Crippen molar-refractivity contribution in [3.63, 3.8) is 0 Å². The molecule has 1 atom stereocenters. The molecular weight excluding hydrogens is 249 g/mol. The third-order valence-corrected chi connectivity index (χ3v) is 2.23. The number of hydrogen-bond acceptors (Lipinski definition) is 3. The Bertz CT molecular complexity index is 421. The van der Waals surface area contributed by atoms with Crippen molar-refractivity contribution in [2.75, 3.05) is 0 Å². The lowest BCUT2D eigenvalue weighted by Gasteiger charge is -2.15. The molecule has 1 aromatic heterocycles. The summed E-state index contributed by atoms with van der Waals surface area (Å²) in [5, 5.41) is 11.4. The van der Waals surface area contributed by atoms with E-state index >= 15 is 0 Å². The second-order valence-corrected chi connectivity index (χ2v) is 3.70. The number of pyridine rings is 1. The van der Waals surface area contributed by atoms with Crippen LogP contribution in [0.2, 0.25) is 0 Å². The van der Waals surface area contributed by atoms with Gasteiger partial charge < -0.3 is 10.4 Å². The summed E-state index contributed by atoms with van der Waals surface area (Å²) >= 11 is 0. The minimum atomic E-state index is -4.63. The summed E-state index contributed by atoms with van der Waals surface area (Å²) in [4.78, 5) is 15.1. The van der Waals surface area contributed by atoms with Crippen LogP contribution < -0.4 is 5.32 Å². The molecule has 0 radical (unpaired) electrons. The van der Waals surface area contributed by atoms with Gasteiger partial charge in [0.25, 0.3) is 5.91 Å². The molecule has 0 aliphatic heterocycles. The summed E-state index contributed by atoms with van der Waals surface area (Å²) in [6, 6.07) is 0.723. The molecule has 18 heavy (non-hydrogen) atoms. The number of alkyl halides is 3. The van der Waals surface area contributed by atoms with E-state index in [0.717, 1.165) is 18.5 Å². The maximum atomic E-state index is 12.6. The Labute approximate surface area is 102 Å². The van der Waals surface area contributed by atoms with E-state index in [9.17, 15) is 23.1 Å². The van der Waals surface area contributed by atoms with Crippen LogP contribution in [-0.2, 0) is 6.18 Å². The number of halogens is 3. The second-order valence-electron chi connectivity index (χ2n) is 3.70. The van der Waals surface area contributed by atoms with Gasteiger partial charge in [0.05, 0.1) is 11.1 Å². The molecule has 0 aromatic carbocycles. The number of nitrogens with zero attached hydrogens (tertiary/aromatic N) is 1. The molecular formula is C11H13F3N2O2. The lowest BCUT2D eigenvalue weighted by molar-refractivity contribution is -0.138. The van der Waals surface area contributed by atoms with Gasteiger partial charge in [-0.1, -0.05) is 13.3 Å². The molecule has 0 saturated heterocycles. The number of aliphatic hydroxyl groups excluding tert-OH is 1. The van der Waals surface area contributed by atoms with Crippen LogP contribution in [0.4, 0.5) is 13.2 Å². The first-order chi connectivity index (χ1) is 8.36. The molecule has 1 amide bonds. The van der Waals surface area contributed by atoms with Crippen LogP contribution in [0.25, 0.3) is 0 Å². The standard InChI is InChI=1S/C11H13F3N2O2/c1-2-3-9(17)16-10(18)7-6-15-5-4-8(7)11(12,13)14/h4-6,9,17H,2-3H2,1H3,(H,16,18). The van der Waals surface area contributed by atoms with Gasteiger partial charge in [-0.2, -0.15) is 13.2 Å². The van der Waals surface area contributed by atoms with E-state index in [-0.39, 0.29) is 6.42 Å². The third kappa shape index (κ3) is 3.69. The first-order valence-corrected chi connectivity index (χ1v) is 5.36. The Morgan fingerprint density at radius 3 is 2.78 bits per heavy atom. The average Bonchev–Trinajstić information content (AvgIpc) is 2.28. The third-order valence-electron chi connectivity index (χ3n) is 2.23. The lowest BCUT2D eigenvalue weighted by Crippen LogP contribution is -2.35. The van der Waals surface area contributed by atoms with Crippen molar-refractivity contribution in [2.45, 2.75) is 32.2 Å². The molecule has 7 heteroatoms. The van der Waals surface area contributed by atoms with Crippen LogP contribution in [0.15, 0.2) is 18.5 Å². The summed E-state index contributed by atoms with van der Waals surface area (Å²) in [6.07, 6.45) is -3.14. The van der Waals surface area contributed by atoms with Gasteiger partial charge in [-0.25, -0.2) is 0 Å². The van der Waals surface area contributed by atoms with Gasteiger partial charge in [-0.05, 0) is 12.5 Å². The molecule has 2 N–H and O–H groups in total. The number of rotatable bonds is 4. The fourth-order valence-corrected chi connectivity index (χ4v) is 1.40. The molecule has 1 rings (SSSR count). The van der Waals surface area contributed by atoms with E-state index in [1.54, 1.807) is 6.92 Å². The number of amides is 1. The van der Waals surface area contributed by atoms with E-state index in [2.05, 4.69) is 10.3 Å². The number of hydrogen-bond donors (Lipinski definition) is 2. The summed E-state index contributed by atoms with van der Waals surface area (Å²) in [5.74, 6) is -0.989. The van der Waals surface area contributed by atoms with Gasteiger partial charge in [-0.15, -0.1) is 0 Å². The van der Waals surface area contributed by atoms with Crippen molar-refractivity contribution in [1.82, 2.24) is 10.3 Å². The zero-order valence-electron chi connectivity index (χ0n) is 9.66. The molecule has 0 bridgehead atoms. The average molecular weight is 262 g/mol. The Hall–Kier alpha value is -1.63. The van der Waals surface area contributed by atoms with Crippen molar-refractivity contribution in [3.8, 4) is 0 Å². The van der Waals surface area contributed by atoms with Crippen LogP contribution in [0, 0.1) is 0 Å². The second kappa shape index (κ2) is 5.81. The lowest BCUT2D eigenvalue weighted by atomic mass is 10.1. The first-order valence-electron chi connectivity index (χ1n) is 5.36. The molecule has 1 aromatic rings. The van der Waals surface area contributed by atoms with Crippen LogP contribution >= 0.6 is 0 Å². The van der Waals surface area contributed by atoms with Crippen LogP contribution in [-0.4, -0.2) is 22.2 Å². The van der Waals surface area contributed by atoms with Crippen molar-refractivity contribution in [2.24, 2.45) is 0 Å². The SMILES string of the molecule is CCCC(O)NC(=O)c1cnccc1C(F)(F)F. The van der Waals surface area contributed by atoms with E-state index < -0.39 is 29.4 Å². The van der Waals surface area contributed by atoms with E-state index in [1.165, 1.54) is 0 Å². The number of carbonyl (C=O) groups excluding carboxylic acids is 1. The van der Waals surface area contributed by atoms with E-state index in [1.807, 2.05) is 0 Å². The predicted octanol–water partition coefficient (Wildman–Crippen LogP) is 1.95. The number of aromatic nitrogens is 1. The smallest absolute Gasteiger partial charge is 0.374 e. The van der Waals surface area contributed by atoms with Crippen molar-refractivity contribution >= 4 is 5.91 Å². The van der Waals surface area contributed by atoms with Gasteiger partial charge in [0.2, 0.25) is 0 Å². The summed E-state index contributed by atoms with van der Waals surface area (Å²) in [5.41, 5.74) is -1.67. The van der Waals surface area contributed by atoms with Crippen LogP contribution in [0.1, 0.15) is 35.7 Å². The minimum absolute atomic E-state index is 0.271. The maximum absolute atomic E-state index is 12.6. The van der Waals surface area contributed by atoms with Gasteiger partial charge in [0.1, 0.15) is 6.23 Å². The Kier molecular flexibility index (Phi) is 4.66. The van der Waals surface area contributed by atoms with Crippen LogP contribution in [0.3, 0.4) is 0 Å². The molecule has 1 unspecified atom stereocenters. The predicted molar refractivity (Wildman–Crippen MR) is 57.6 cm³/mol. The number of aliphatic hydroxyl groups is 1. The Balaban J connectivity index is 2.93. The summed E-state index contributed by atoms with van der Waals surface area (Å²) in [6.45, 7) is 1.78. The van der Waals surface area contributed by atoms with Gasteiger partial charge in [0.15, 0.2) is 0 Å². The minimum Gasteiger partial charge on any atom is -0.374 e. The number of nitrogens with one attached hydrogen (secondary N) is 1. The molecule has 100 valence electrons. The molecule has 0 aliphatic carbocycles. The summed E-state index contributed by atoms with van der Waals surface area (Å²) in [7, 11) is 0. The largest absolute Gasteiger partial charge is 0.417 e. The fourth-order valence-electron chi connectivity index (χ4n) is 1.40. The van der Waals surface area contributed by atoms with Crippen LogP contribution in [0.5, 0.6) is 0 Å². The zero-order chi connectivity index (χ0) is 13.8. The number of carbonyl (C=O) groups is 1. The maximum Gasteiger partial charge on any atom is 0.417 e. The highest BCUT2D eigenvalue weighted by molar-refractivity contribution is 5.95. The molecule has 1 heterocycles. The van der Waals surface area contributed by atoms with Gasteiger partial charge in [-0.3, -0.25) is 9.78 Å². The highest BCUT2D eigenvalue weighted by atomic mass is 19.4. The monoisotopic (exact) mass is 262 g/mol. The highest BCUT2D eigenvalue weighted by Gasteiger charge is 2.35. The van der Waals surface area contributed by atoms with Crippen molar-refractivity contribution in [1.29, 1.82) is 0 Å². The fraction of sp³-hybridized carbons (Fsp3) is 0.455. The zero-order valence-corrected chi connectivity index (χ0v) is 9.66. The van der Waals surface area contributed by atoms with Crippen molar-refractivity contribution in [3.05, 3.63) is 29.6 Å². The van der Waals surface area contributed by atoms with Crippen molar-refractivity contribution < 1.29 is 23.1 Å². The topological polar surface area (TPSA) is 62.2 Å². The van der Waals surface area contributed by atoms with Gasteiger partial charge >= 0.3 is 6.18 Å². The van der Waals surface area contributed by atoms with E-state index in [0.29, 0.717) is 6.42 Å². The first kappa shape index (κ1) is 14.4. The Morgan fingerprint density at radius 1 is 1.56 bits per heavy atom. The highest BCUT2D eigenvalue weighted by Crippen LogP contribution is 2.31. The van der Waals surface area contributed by atoms with Gasteiger partial charge in [0, 0.05) is 12.4 Å². The Morgan fingerprint density at radius 2 is 2.22 bits per heavy atom. The molecule has 0 fully saturated rings. The molecule has 0 saturated carbocycles. The molecule has 0 aliphatic rings. The van der Waals surface area contributed by atoms with E-state index in [4.69, 9.17) is 0 Å². The molecule has 4 nitrogen and oxygen atoms in total.